The van der Waals surface area contributed by atoms with Crippen molar-refractivity contribution >= 4 is 11.9 Å². The maximum absolute atomic E-state index is 12.8. The number of amides is 1. The number of carboxylic acid groups (broad SMARTS) is 1. The average molecular weight is 315 g/mol. The van der Waals surface area contributed by atoms with E-state index in [1.165, 1.54) is 0 Å². The number of carbonyl (C=O) groups excluding carboxylic acids is 1. The quantitative estimate of drug-likeness (QED) is 0.930. The van der Waals surface area contributed by atoms with Crippen molar-refractivity contribution in [2.75, 3.05) is 13.1 Å². The van der Waals surface area contributed by atoms with Crippen LogP contribution in [0.1, 0.15) is 29.5 Å². The molecule has 0 aliphatic carbocycles. The van der Waals surface area contributed by atoms with Crippen LogP contribution in [-0.4, -0.2) is 45.1 Å². The smallest absolute Gasteiger partial charge is 0.311 e. The third-order valence-corrected chi connectivity index (χ3v) is 4.26. The van der Waals surface area contributed by atoms with Gasteiger partial charge >= 0.3 is 5.97 Å². The van der Waals surface area contributed by atoms with Crippen LogP contribution in [0.15, 0.2) is 28.9 Å². The van der Waals surface area contributed by atoms with Crippen LogP contribution < -0.4 is 0 Å². The van der Waals surface area contributed by atoms with Crippen LogP contribution in [0.25, 0.3) is 11.4 Å². The normalized spacial score (nSPS) is 20.7. The maximum atomic E-state index is 12.8. The van der Waals surface area contributed by atoms with Crippen LogP contribution in [-0.2, 0) is 4.79 Å². The number of carbonyl (C=O) groups is 2. The molecule has 1 N–H and O–H groups in total. The summed E-state index contributed by atoms with van der Waals surface area (Å²) in [7, 11) is 0. The number of pyridine rings is 1. The third-order valence-electron chi connectivity index (χ3n) is 4.26. The molecule has 1 atom stereocenters. The Morgan fingerprint density at radius 2 is 2.17 bits per heavy atom. The summed E-state index contributed by atoms with van der Waals surface area (Å²) in [6.07, 6.45) is 2.04. The van der Waals surface area contributed by atoms with Gasteiger partial charge in [0, 0.05) is 19.3 Å². The Morgan fingerprint density at radius 1 is 1.39 bits per heavy atom. The molecule has 2 aromatic rings. The number of rotatable bonds is 3. The predicted molar refractivity (Wildman–Crippen MR) is 80.7 cm³/mol. The van der Waals surface area contributed by atoms with Gasteiger partial charge in [-0.1, -0.05) is 11.2 Å². The largest absolute Gasteiger partial charge is 0.481 e. The van der Waals surface area contributed by atoms with Gasteiger partial charge in [0.1, 0.15) is 17.0 Å². The fraction of sp³-hybridized carbons (Fsp3) is 0.375. The van der Waals surface area contributed by atoms with Gasteiger partial charge in [-0.15, -0.1) is 0 Å². The van der Waals surface area contributed by atoms with Crippen molar-refractivity contribution in [1.82, 2.24) is 15.0 Å². The molecule has 120 valence electrons. The van der Waals surface area contributed by atoms with E-state index in [0.29, 0.717) is 35.7 Å². The molecular formula is C16H17N3O4. The number of aryl methyl sites for hydroxylation is 1. The highest BCUT2D eigenvalue weighted by atomic mass is 16.5. The summed E-state index contributed by atoms with van der Waals surface area (Å²) in [6.45, 7) is 3.89. The Kier molecular flexibility index (Phi) is 3.63. The summed E-state index contributed by atoms with van der Waals surface area (Å²) < 4.78 is 5.18. The Balaban J connectivity index is 1.93. The van der Waals surface area contributed by atoms with Crippen molar-refractivity contribution in [1.29, 1.82) is 0 Å². The highest BCUT2D eigenvalue weighted by Gasteiger charge is 2.43. The topological polar surface area (TPSA) is 96.5 Å². The molecular weight excluding hydrogens is 298 g/mol. The lowest BCUT2D eigenvalue weighted by atomic mass is 9.90. The number of aromatic nitrogens is 2. The summed E-state index contributed by atoms with van der Waals surface area (Å²) in [5, 5.41) is 13.3. The second kappa shape index (κ2) is 5.49. The van der Waals surface area contributed by atoms with Gasteiger partial charge in [0.15, 0.2) is 0 Å². The SMILES string of the molecule is Cc1onc(-c2ccccn2)c1C(=O)N1CCC(C)(C(=O)O)C1. The van der Waals surface area contributed by atoms with Crippen molar-refractivity contribution in [2.45, 2.75) is 20.3 Å². The van der Waals surface area contributed by atoms with Gasteiger partial charge in [0.25, 0.3) is 5.91 Å². The monoisotopic (exact) mass is 315 g/mol. The molecule has 0 aromatic carbocycles. The van der Waals surface area contributed by atoms with Gasteiger partial charge < -0.3 is 14.5 Å². The van der Waals surface area contributed by atoms with Gasteiger partial charge in [0.05, 0.1) is 11.1 Å². The molecule has 7 heteroatoms. The fourth-order valence-corrected chi connectivity index (χ4v) is 2.77. The van der Waals surface area contributed by atoms with Crippen molar-refractivity contribution in [3.05, 3.63) is 35.7 Å². The number of hydrogen-bond acceptors (Lipinski definition) is 5. The molecule has 1 aliphatic heterocycles. The first-order chi connectivity index (χ1) is 10.9. The molecule has 1 fully saturated rings. The van der Waals surface area contributed by atoms with E-state index < -0.39 is 11.4 Å². The van der Waals surface area contributed by atoms with Crippen LogP contribution in [0.2, 0.25) is 0 Å². The second-order valence-electron chi connectivity index (χ2n) is 6.02. The Morgan fingerprint density at radius 3 is 2.78 bits per heavy atom. The van der Waals surface area contributed by atoms with Gasteiger partial charge in [-0.05, 0) is 32.4 Å². The molecule has 0 bridgehead atoms. The van der Waals surface area contributed by atoms with Crippen LogP contribution in [0.3, 0.4) is 0 Å². The first-order valence-electron chi connectivity index (χ1n) is 7.33. The van der Waals surface area contributed by atoms with Gasteiger partial charge in [-0.2, -0.15) is 0 Å². The minimum Gasteiger partial charge on any atom is -0.481 e. The maximum Gasteiger partial charge on any atom is 0.311 e. The molecule has 0 radical (unpaired) electrons. The molecule has 1 unspecified atom stereocenters. The van der Waals surface area contributed by atoms with Gasteiger partial charge in [0.2, 0.25) is 0 Å². The van der Waals surface area contributed by atoms with E-state index in [1.54, 1.807) is 43.1 Å². The Bertz CT molecular complexity index is 756. The standard InChI is InChI=1S/C16H17N3O4/c1-10-12(13(18-23-10)11-5-3-4-7-17-11)14(20)19-8-6-16(2,9-19)15(21)22/h3-5,7H,6,8-9H2,1-2H3,(H,21,22). The fourth-order valence-electron chi connectivity index (χ4n) is 2.77. The summed E-state index contributed by atoms with van der Waals surface area (Å²) in [6, 6.07) is 5.33. The molecule has 23 heavy (non-hydrogen) atoms. The van der Waals surface area contributed by atoms with E-state index in [0.717, 1.165) is 0 Å². The Labute approximate surface area is 132 Å². The zero-order valence-corrected chi connectivity index (χ0v) is 12.9. The summed E-state index contributed by atoms with van der Waals surface area (Å²) >= 11 is 0. The van der Waals surface area contributed by atoms with E-state index >= 15 is 0 Å². The number of aliphatic carboxylic acids is 1. The summed E-state index contributed by atoms with van der Waals surface area (Å²) in [5.74, 6) is -0.756. The van der Waals surface area contributed by atoms with Crippen molar-refractivity contribution in [3.8, 4) is 11.4 Å². The second-order valence-corrected chi connectivity index (χ2v) is 6.02. The average Bonchev–Trinajstić information content (AvgIpc) is 3.12. The summed E-state index contributed by atoms with van der Waals surface area (Å²) in [4.78, 5) is 29.9. The molecule has 2 aromatic heterocycles. The Hall–Kier alpha value is -2.70. The molecule has 1 saturated heterocycles. The van der Waals surface area contributed by atoms with Crippen LogP contribution in [0.5, 0.6) is 0 Å². The highest BCUT2D eigenvalue weighted by molar-refractivity contribution is 6.01. The number of likely N-dealkylation sites (tertiary alicyclic amines) is 1. The van der Waals surface area contributed by atoms with E-state index in [2.05, 4.69) is 10.1 Å². The van der Waals surface area contributed by atoms with Crippen LogP contribution >= 0.6 is 0 Å². The van der Waals surface area contributed by atoms with E-state index in [4.69, 9.17) is 4.52 Å². The van der Waals surface area contributed by atoms with Crippen LogP contribution in [0.4, 0.5) is 0 Å². The molecule has 3 heterocycles. The predicted octanol–water partition coefficient (Wildman–Crippen LogP) is 1.98. The first-order valence-corrected chi connectivity index (χ1v) is 7.33. The molecule has 0 saturated carbocycles. The number of hydrogen-bond donors (Lipinski definition) is 1. The molecule has 1 amide bonds. The molecule has 7 nitrogen and oxygen atoms in total. The molecule has 3 rings (SSSR count). The third kappa shape index (κ3) is 2.58. The molecule has 1 aliphatic rings. The van der Waals surface area contributed by atoms with Crippen molar-refractivity contribution < 1.29 is 19.2 Å². The number of nitrogens with zero attached hydrogens (tertiary/aromatic N) is 3. The highest BCUT2D eigenvalue weighted by Crippen LogP contribution is 2.33. The lowest BCUT2D eigenvalue weighted by molar-refractivity contribution is -0.147. The van der Waals surface area contributed by atoms with Gasteiger partial charge in [-0.25, -0.2) is 0 Å². The van der Waals surface area contributed by atoms with E-state index in [-0.39, 0.29) is 12.5 Å². The zero-order chi connectivity index (χ0) is 16.6. The lowest BCUT2D eigenvalue weighted by Gasteiger charge is -2.20. The minimum atomic E-state index is -0.911. The zero-order valence-electron chi connectivity index (χ0n) is 12.9. The van der Waals surface area contributed by atoms with Crippen molar-refractivity contribution in [2.24, 2.45) is 5.41 Å². The minimum absolute atomic E-state index is 0.174. The first kappa shape index (κ1) is 15.2. The molecule has 0 spiro atoms. The van der Waals surface area contributed by atoms with Crippen molar-refractivity contribution in [3.63, 3.8) is 0 Å². The van der Waals surface area contributed by atoms with E-state index in [9.17, 15) is 14.7 Å². The summed E-state index contributed by atoms with van der Waals surface area (Å²) in [5.41, 5.74) is 0.370. The lowest BCUT2D eigenvalue weighted by Crippen LogP contribution is -2.35. The van der Waals surface area contributed by atoms with Crippen LogP contribution in [0, 0.1) is 12.3 Å². The van der Waals surface area contributed by atoms with E-state index in [1.807, 2.05) is 0 Å². The van der Waals surface area contributed by atoms with Gasteiger partial charge in [-0.3, -0.25) is 14.6 Å². The number of carboxylic acids is 1.